The Hall–Kier alpha value is -2.09. The molecule has 0 unspecified atom stereocenters. The Morgan fingerprint density at radius 3 is 2.25 bits per heavy atom. The molecular weight excluding hydrogens is 279 g/mol. The van der Waals surface area contributed by atoms with E-state index in [0.717, 1.165) is 0 Å². The van der Waals surface area contributed by atoms with Gasteiger partial charge in [-0.15, -0.1) is 0 Å². The first-order valence-electron chi connectivity index (χ1n) is 5.43. The van der Waals surface area contributed by atoms with Gasteiger partial charge in [0, 0.05) is 0 Å². The molecular formula is C12H12F3NO4. The first-order chi connectivity index (χ1) is 9.20. The fourth-order valence-corrected chi connectivity index (χ4v) is 1.41. The highest BCUT2D eigenvalue weighted by atomic mass is 19.4. The number of ether oxygens (including phenoxy) is 1. The predicted octanol–water partition coefficient (Wildman–Crippen LogP) is 0.769. The molecule has 5 nitrogen and oxygen atoms in total. The molecule has 0 aliphatic carbocycles. The number of benzene rings is 1. The maximum absolute atomic E-state index is 12.7. The van der Waals surface area contributed by atoms with E-state index in [2.05, 4.69) is 4.74 Å². The fourth-order valence-electron chi connectivity index (χ4n) is 1.41. The first kappa shape index (κ1) is 16.0. The van der Waals surface area contributed by atoms with E-state index in [-0.39, 0.29) is 0 Å². The highest BCUT2D eigenvalue weighted by Crippen LogP contribution is 2.29. The van der Waals surface area contributed by atoms with Crippen LogP contribution in [0.3, 0.4) is 0 Å². The number of nitrogens with one attached hydrogen (secondary N) is 1. The van der Waals surface area contributed by atoms with Crippen molar-refractivity contribution in [3.8, 4) is 0 Å². The molecule has 1 rings (SSSR count). The van der Waals surface area contributed by atoms with Crippen LogP contribution < -0.4 is 5.32 Å². The van der Waals surface area contributed by atoms with Crippen LogP contribution in [-0.2, 0) is 20.7 Å². The van der Waals surface area contributed by atoms with E-state index < -0.39 is 30.2 Å². The monoisotopic (exact) mass is 291 g/mol. The summed E-state index contributed by atoms with van der Waals surface area (Å²) in [6.07, 6.45) is -5.82. The summed E-state index contributed by atoms with van der Waals surface area (Å²) in [6.45, 7) is 0. The number of halogens is 3. The molecule has 0 bridgehead atoms. The topological polar surface area (TPSA) is 75.6 Å². The van der Waals surface area contributed by atoms with Gasteiger partial charge in [0.25, 0.3) is 0 Å². The van der Waals surface area contributed by atoms with E-state index in [0.29, 0.717) is 12.7 Å². The van der Waals surface area contributed by atoms with Crippen LogP contribution >= 0.6 is 0 Å². The van der Waals surface area contributed by atoms with Crippen LogP contribution in [0.4, 0.5) is 13.2 Å². The van der Waals surface area contributed by atoms with Crippen molar-refractivity contribution >= 4 is 11.9 Å². The number of esters is 1. The van der Waals surface area contributed by atoms with Crippen molar-refractivity contribution in [3.63, 3.8) is 0 Å². The van der Waals surface area contributed by atoms with Gasteiger partial charge in [-0.05, 0) is 5.56 Å². The van der Waals surface area contributed by atoms with E-state index >= 15 is 0 Å². The fraction of sp³-hybridized carbons (Fsp3) is 0.333. The SMILES string of the molecule is COC(=O)[C@@](O)(NC(=O)Cc1ccccc1)C(F)(F)F. The van der Waals surface area contributed by atoms with Crippen molar-refractivity contribution in [2.24, 2.45) is 0 Å². The maximum atomic E-state index is 12.7. The molecule has 110 valence electrons. The molecule has 0 aliphatic heterocycles. The summed E-state index contributed by atoms with van der Waals surface area (Å²) in [5.41, 5.74) is -3.63. The zero-order chi connectivity index (χ0) is 15.4. The molecule has 0 radical (unpaired) electrons. The molecule has 8 heteroatoms. The standard InChI is InChI=1S/C12H12F3NO4/c1-20-10(18)11(19,12(13,14)15)16-9(17)7-8-5-3-2-4-6-8/h2-6,19H,7H2,1H3,(H,16,17)/t11-/m0/s1. The number of hydrogen-bond acceptors (Lipinski definition) is 4. The molecule has 1 atom stereocenters. The number of rotatable bonds is 4. The Bertz CT molecular complexity index is 489. The molecule has 1 aromatic carbocycles. The average molecular weight is 291 g/mol. The minimum Gasteiger partial charge on any atom is -0.465 e. The molecule has 0 spiro atoms. The number of alkyl halides is 3. The highest BCUT2D eigenvalue weighted by Gasteiger charge is 2.62. The number of aliphatic hydroxyl groups is 1. The summed E-state index contributed by atoms with van der Waals surface area (Å²) in [5, 5.41) is 10.6. The van der Waals surface area contributed by atoms with Crippen LogP contribution in [0.15, 0.2) is 30.3 Å². The maximum Gasteiger partial charge on any atom is 0.448 e. The van der Waals surface area contributed by atoms with Crippen LogP contribution in [0.2, 0.25) is 0 Å². The van der Waals surface area contributed by atoms with Crippen LogP contribution in [0, 0.1) is 0 Å². The van der Waals surface area contributed by atoms with Crippen LogP contribution in [0.5, 0.6) is 0 Å². The average Bonchev–Trinajstić information content (AvgIpc) is 2.37. The van der Waals surface area contributed by atoms with Crippen LogP contribution in [-0.4, -0.2) is 36.0 Å². The third-order valence-corrected chi connectivity index (χ3v) is 2.42. The van der Waals surface area contributed by atoms with E-state index in [4.69, 9.17) is 0 Å². The zero-order valence-corrected chi connectivity index (χ0v) is 10.4. The normalized spacial score (nSPS) is 14.2. The van der Waals surface area contributed by atoms with Gasteiger partial charge in [-0.2, -0.15) is 13.2 Å². The Morgan fingerprint density at radius 2 is 1.80 bits per heavy atom. The predicted molar refractivity (Wildman–Crippen MR) is 61.3 cm³/mol. The zero-order valence-electron chi connectivity index (χ0n) is 10.4. The number of carbonyl (C=O) groups excluding carboxylic acids is 2. The first-order valence-corrected chi connectivity index (χ1v) is 5.43. The third kappa shape index (κ3) is 3.47. The highest BCUT2D eigenvalue weighted by molar-refractivity contribution is 5.88. The largest absolute Gasteiger partial charge is 0.465 e. The smallest absolute Gasteiger partial charge is 0.448 e. The van der Waals surface area contributed by atoms with Crippen molar-refractivity contribution in [1.29, 1.82) is 0 Å². The van der Waals surface area contributed by atoms with Gasteiger partial charge >= 0.3 is 17.9 Å². The summed E-state index contributed by atoms with van der Waals surface area (Å²) in [5.74, 6) is -3.17. The van der Waals surface area contributed by atoms with Gasteiger partial charge in [-0.3, -0.25) is 4.79 Å². The van der Waals surface area contributed by atoms with E-state index in [1.807, 2.05) is 0 Å². The number of amides is 1. The molecule has 0 fully saturated rings. The second-order valence-electron chi connectivity index (χ2n) is 3.91. The lowest BCUT2D eigenvalue weighted by molar-refractivity contribution is -0.270. The molecule has 0 saturated carbocycles. The number of hydrogen-bond donors (Lipinski definition) is 2. The minimum atomic E-state index is -5.40. The Morgan fingerprint density at radius 1 is 1.25 bits per heavy atom. The lowest BCUT2D eigenvalue weighted by Crippen LogP contribution is -2.64. The van der Waals surface area contributed by atoms with Gasteiger partial charge in [0.1, 0.15) is 0 Å². The molecule has 1 amide bonds. The summed E-state index contributed by atoms with van der Waals surface area (Å²) < 4.78 is 41.9. The van der Waals surface area contributed by atoms with Gasteiger partial charge in [0.05, 0.1) is 13.5 Å². The summed E-state index contributed by atoms with van der Waals surface area (Å²) in [4.78, 5) is 22.6. The van der Waals surface area contributed by atoms with Gasteiger partial charge in [0.2, 0.25) is 5.91 Å². The van der Waals surface area contributed by atoms with Crippen molar-refractivity contribution in [2.75, 3.05) is 7.11 Å². The summed E-state index contributed by atoms with van der Waals surface area (Å²) >= 11 is 0. The summed E-state index contributed by atoms with van der Waals surface area (Å²) in [6, 6.07) is 7.90. The molecule has 20 heavy (non-hydrogen) atoms. The van der Waals surface area contributed by atoms with E-state index in [1.165, 1.54) is 17.4 Å². The molecule has 1 aromatic rings. The lowest BCUT2D eigenvalue weighted by Gasteiger charge is -2.28. The minimum absolute atomic E-state index is 0.420. The van der Waals surface area contributed by atoms with Gasteiger partial charge < -0.3 is 15.2 Å². The van der Waals surface area contributed by atoms with E-state index in [9.17, 15) is 27.9 Å². The molecule has 0 saturated heterocycles. The van der Waals surface area contributed by atoms with Gasteiger partial charge in [-0.1, -0.05) is 30.3 Å². The van der Waals surface area contributed by atoms with Crippen LogP contribution in [0.25, 0.3) is 0 Å². The van der Waals surface area contributed by atoms with Gasteiger partial charge in [0.15, 0.2) is 0 Å². The van der Waals surface area contributed by atoms with Crippen molar-refractivity contribution in [2.45, 2.75) is 18.3 Å². The molecule has 0 heterocycles. The van der Waals surface area contributed by atoms with Crippen LogP contribution in [0.1, 0.15) is 5.56 Å². The van der Waals surface area contributed by atoms with Crippen molar-refractivity contribution in [3.05, 3.63) is 35.9 Å². The second kappa shape index (κ2) is 5.91. The van der Waals surface area contributed by atoms with E-state index in [1.54, 1.807) is 18.2 Å². The molecule has 0 aliphatic rings. The Balaban J connectivity index is 2.86. The molecule has 2 N–H and O–H groups in total. The van der Waals surface area contributed by atoms with Gasteiger partial charge in [-0.25, -0.2) is 4.79 Å². The molecule has 0 aromatic heterocycles. The quantitative estimate of drug-likeness (QED) is 0.634. The Labute approximate surface area is 112 Å². The van der Waals surface area contributed by atoms with Crippen molar-refractivity contribution in [1.82, 2.24) is 5.32 Å². The summed E-state index contributed by atoms with van der Waals surface area (Å²) in [7, 11) is 0.669. The van der Waals surface area contributed by atoms with Crippen molar-refractivity contribution < 1.29 is 32.6 Å². The number of carbonyl (C=O) groups is 2. The number of methoxy groups -OCH3 is 1. The lowest BCUT2D eigenvalue weighted by atomic mass is 10.1. The second-order valence-corrected chi connectivity index (χ2v) is 3.91. The third-order valence-electron chi connectivity index (χ3n) is 2.42. The Kier molecular flexibility index (Phi) is 4.72.